The predicted molar refractivity (Wildman–Crippen MR) is 137 cm³/mol. The molecule has 1 aromatic heterocycles. The monoisotopic (exact) mass is 486 g/mol. The van der Waals surface area contributed by atoms with Gasteiger partial charge in [0.05, 0.1) is 36.1 Å². The number of carbonyl (C=O) groups is 2. The summed E-state index contributed by atoms with van der Waals surface area (Å²) in [4.78, 5) is 26.9. The van der Waals surface area contributed by atoms with Gasteiger partial charge >= 0.3 is 6.09 Å². The number of fused-ring (bicyclic) bond motifs is 1. The molecule has 1 saturated carbocycles. The van der Waals surface area contributed by atoms with Crippen molar-refractivity contribution in [2.75, 3.05) is 31.6 Å². The average molecular weight is 487 g/mol. The number of nitrogens with one attached hydrogen (secondary N) is 1. The highest BCUT2D eigenvalue weighted by molar-refractivity contribution is 6.01. The van der Waals surface area contributed by atoms with Crippen LogP contribution in [0, 0.1) is 17.2 Å². The quantitative estimate of drug-likeness (QED) is 0.528. The van der Waals surface area contributed by atoms with Crippen molar-refractivity contribution in [3.05, 3.63) is 53.6 Å². The van der Waals surface area contributed by atoms with Crippen LogP contribution in [-0.2, 0) is 16.0 Å². The van der Waals surface area contributed by atoms with Gasteiger partial charge in [0, 0.05) is 36.3 Å². The molecule has 5 rings (SSSR count). The van der Waals surface area contributed by atoms with E-state index in [0.717, 1.165) is 41.5 Å². The van der Waals surface area contributed by atoms with Crippen molar-refractivity contribution in [1.29, 1.82) is 5.26 Å². The van der Waals surface area contributed by atoms with Crippen molar-refractivity contribution in [2.24, 2.45) is 5.92 Å². The Labute approximate surface area is 210 Å². The second-order valence-electron chi connectivity index (χ2n) is 9.68. The van der Waals surface area contributed by atoms with E-state index in [-0.39, 0.29) is 12.0 Å². The summed E-state index contributed by atoms with van der Waals surface area (Å²) in [7, 11) is 0. The van der Waals surface area contributed by atoms with Crippen LogP contribution < -0.4 is 5.32 Å². The zero-order valence-electron chi connectivity index (χ0n) is 20.6. The molecule has 2 aromatic carbocycles. The Kier molecular flexibility index (Phi) is 6.66. The molecule has 0 spiro atoms. The summed E-state index contributed by atoms with van der Waals surface area (Å²) in [6.07, 6.45) is 1.61. The number of hydrogen-bond donors (Lipinski definition) is 1. The number of carbonyl (C=O) groups excluding carboxylic acids is 2. The number of amides is 2. The van der Waals surface area contributed by atoms with Gasteiger partial charge in [0.2, 0.25) is 0 Å². The summed E-state index contributed by atoms with van der Waals surface area (Å²) in [5.41, 5.74) is 4.45. The van der Waals surface area contributed by atoms with Crippen molar-refractivity contribution in [3.63, 3.8) is 0 Å². The second-order valence-corrected chi connectivity index (χ2v) is 9.68. The SMILES string of the molecule is CC(C)OC(=O)Nc1ccc(-c2c(C#N)c3ccc(C(=O)N4CCOCC4)cc3n2CC2CC2)cc1. The zero-order chi connectivity index (χ0) is 25.2. The number of aromatic nitrogens is 1. The van der Waals surface area contributed by atoms with Crippen molar-refractivity contribution in [1.82, 2.24) is 9.47 Å². The van der Waals surface area contributed by atoms with E-state index in [1.807, 2.05) is 47.4 Å². The molecule has 8 nitrogen and oxygen atoms in total. The molecule has 0 unspecified atom stereocenters. The Morgan fingerprint density at radius 3 is 2.50 bits per heavy atom. The van der Waals surface area contributed by atoms with Gasteiger partial charge in [0.15, 0.2) is 0 Å². The van der Waals surface area contributed by atoms with Crippen molar-refractivity contribution in [3.8, 4) is 17.3 Å². The maximum Gasteiger partial charge on any atom is 0.411 e. The third kappa shape index (κ3) is 4.93. The molecule has 0 radical (unpaired) electrons. The van der Waals surface area contributed by atoms with Crippen LogP contribution in [0.1, 0.15) is 42.6 Å². The highest BCUT2D eigenvalue weighted by Gasteiger charge is 2.27. The van der Waals surface area contributed by atoms with Crippen LogP contribution >= 0.6 is 0 Å². The summed E-state index contributed by atoms with van der Waals surface area (Å²) in [6.45, 7) is 6.65. The van der Waals surface area contributed by atoms with Gasteiger partial charge in [0.25, 0.3) is 5.91 Å². The van der Waals surface area contributed by atoms with Gasteiger partial charge in [-0.25, -0.2) is 4.79 Å². The van der Waals surface area contributed by atoms with Crippen LogP contribution in [0.5, 0.6) is 0 Å². The first-order chi connectivity index (χ1) is 17.4. The summed E-state index contributed by atoms with van der Waals surface area (Å²) < 4.78 is 12.7. The molecular weight excluding hydrogens is 456 g/mol. The molecule has 1 aliphatic carbocycles. The predicted octanol–water partition coefficient (Wildman–Crippen LogP) is 5.02. The third-order valence-electron chi connectivity index (χ3n) is 6.61. The first kappa shape index (κ1) is 23.9. The molecule has 3 aromatic rings. The largest absolute Gasteiger partial charge is 0.447 e. The van der Waals surface area contributed by atoms with E-state index < -0.39 is 6.09 Å². The van der Waals surface area contributed by atoms with Crippen LogP contribution in [0.15, 0.2) is 42.5 Å². The van der Waals surface area contributed by atoms with Crippen molar-refractivity contribution in [2.45, 2.75) is 39.3 Å². The number of anilines is 1. The molecule has 0 bridgehead atoms. The summed E-state index contributed by atoms with van der Waals surface area (Å²) >= 11 is 0. The molecular formula is C28H30N4O4. The molecule has 8 heteroatoms. The summed E-state index contributed by atoms with van der Waals surface area (Å²) in [5, 5.41) is 13.7. The number of nitriles is 1. The lowest BCUT2D eigenvalue weighted by Gasteiger charge is -2.27. The van der Waals surface area contributed by atoms with E-state index >= 15 is 0 Å². The number of ether oxygens (including phenoxy) is 2. The van der Waals surface area contributed by atoms with Gasteiger partial charge in [-0.05, 0) is 62.4 Å². The maximum atomic E-state index is 13.2. The number of morpholine rings is 1. The number of nitrogens with zero attached hydrogens (tertiary/aromatic N) is 3. The Balaban J connectivity index is 1.53. The lowest BCUT2D eigenvalue weighted by molar-refractivity contribution is 0.0303. The second kappa shape index (κ2) is 10.0. The summed E-state index contributed by atoms with van der Waals surface area (Å²) in [6, 6.07) is 15.5. The molecule has 1 saturated heterocycles. The highest BCUT2D eigenvalue weighted by Crippen LogP contribution is 2.39. The fourth-order valence-electron chi connectivity index (χ4n) is 4.67. The number of rotatable bonds is 6. The summed E-state index contributed by atoms with van der Waals surface area (Å²) in [5.74, 6) is 0.555. The Morgan fingerprint density at radius 2 is 1.86 bits per heavy atom. The van der Waals surface area contributed by atoms with Crippen LogP contribution in [0.3, 0.4) is 0 Å². The van der Waals surface area contributed by atoms with E-state index in [1.54, 1.807) is 13.8 Å². The molecule has 2 heterocycles. The lowest BCUT2D eigenvalue weighted by atomic mass is 10.0. The molecule has 2 aliphatic rings. The van der Waals surface area contributed by atoms with Gasteiger partial charge in [0.1, 0.15) is 6.07 Å². The third-order valence-corrected chi connectivity index (χ3v) is 6.61. The lowest BCUT2D eigenvalue weighted by Crippen LogP contribution is -2.40. The molecule has 1 N–H and O–H groups in total. The smallest absolute Gasteiger partial charge is 0.411 e. The Morgan fingerprint density at radius 1 is 1.14 bits per heavy atom. The van der Waals surface area contributed by atoms with Crippen molar-refractivity contribution < 1.29 is 19.1 Å². The van der Waals surface area contributed by atoms with E-state index in [2.05, 4.69) is 16.0 Å². The van der Waals surface area contributed by atoms with Gasteiger partial charge in [-0.3, -0.25) is 10.1 Å². The average Bonchev–Trinajstić information content (AvgIpc) is 3.65. The fraction of sp³-hybridized carbons (Fsp3) is 0.393. The van der Waals surface area contributed by atoms with Crippen LogP contribution in [0.4, 0.5) is 10.5 Å². The topological polar surface area (TPSA) is 96.6 Å². The Hall–Kier alpha value is -3.83. The van der Waals surface area contributed by atoms with E-state index in [4.69, 9.17) is 9.47 Å². The fourth-order valence-corrected chi connectivity index (χ4v) is 4.67. The molecule has 2 fully saturated rings. The van der Waals surface area contributed by atoms with Crippen LogP contribution in [0.25, 0.3) is 22.2 Å². The first-order valence-corrected chi connectivity index (χ1v) is 12.5. The van der Waals surface area contributed by atoms with Crippen molar-refractivity contribution >= 4 is 28.6 Å². The zero-order valence-corrected chi connectivity index (χ0v) is 20.6. The molecule has 186 valence electrons. The maximum absolute atomic E-state index is 13.2. The minimum Gasteiger partial charge on any atom is -0.447 e. The van der Waals surface area contributed by atoms with Crippen LogP contribution in [-0.4, -0.2) is 53.9 Å². The standard InChI is InChI=1S/C28H30N4O4/c1-18(2)36-28(34)30-22-8-5-20(6-9-22)26-24(16-29)23-10-7-21(27(33)31-11-13-35-14-12-31)15-25(23)32(26)17-19-3-4-19/h5-10,15,18-19H,3-4,11-14,17H2,1-2H3,(H,30,34). The normalized spacial score (nSPS) is 15.7. The van der Waals surface area contributed by atoms with E-state index in [9.17, 15) is 14.9 Å². The first-order valence-electron chi connectivity index (χ1n) is 12.5. The van der Waals surface area contributed by atoms with Gasteiger partial charge in [-0.1, -0.05) is 18.2 Å². The van der Waals surface area contributed by atoms with Gasteiger partial charge in [-0.15, -0.1) is 0 Å². The van der Waals surface area contributed by atoms with Crippen LogP contribution in [0.2, 0.25) is 0 Å². The molecule has 1 aliphatic heterocycles. The molecule has 0 atom stereocenters. The minimum atomic E-state index is -0.504. The molecule has 2 amide bonds. The van der Waals surface area contributed by atoms with E-state index in [1.165, 1.54) is 0 Å². The van der Waals surface area contributed by atoms with Gasteiger partial charge < -0.3 is 18.9 Å². The van der Waals surface area contributed by atoms with E-state index in [0.29, 0.717) is 49.0 Å². The Bertz CT molecular complexity index is 1330. The number of hydrogen-bond acceptors (Lipinski definition) is 5. The number of benzene rings is 2. The minimum absolute atomic E-state index is 0.0110. The highest BCUT2D eigenvalue weighted by atomic mass is 16.6. The molecule has 36 heavy (non-hydrogen) atoms. The van der Waals surface area contributed by atoms with Gasteiger partial charge in [-0.2, -0.15) is 5.26 Å².